The van der Waals surface area contributed by atoms with E-state index in [-0.39, 0.29) is 6.54 Å². The minimum atomic E-state index is -0.675. The summed E-state index contributed by atoms with van der Waals surface area (Å²) >= 11 is 11.7. The summed E-state index contributed by atoms with van der Waals surface area (Å²) < 4.78 is 0. The Morgan fingerprint density at radius 1 is 1.38 bits per heavy atom. The van der Waals surface area contributed by atoms with E-state index >= 15 is 0 Å². The Morgan fingerprint density at radius 2 is 2.10 bits per heavy atom. The number of imide groups is 1. The van der Waals surface area contributed by atoms with Crippen LogP contribution in [-0.2, 0) is 9.59 Å². The summed E-state index contributed by atoms with van der Waals surface area (Å²) in [5.41, 5.74) is 0.433. The number of carbonyl (C=O) groups excluding carboxylic acids is 3. The third kappa shape index (κ3) is 3.46. The highest BCUT2D eigenvalue weighted by Crippen LogP contribution is 2.25. The third-order valence-corrected chi connectivity index (χ3v) is 3.81. The number of nitrogens with zero attached hydrogens (tertiary/aromatic N) is 1. The van der Waals surface area contributed by atoms with Gasteiger partial charge in [0.2, 0.25) is 11.8 Å². The van der Waals surface area contributed by atoms with Crippen LogP contribution in [0.4, 0.5) is 10.5 Å². The lowest BCUT2D eigenvalue weighted by Gasteiger charge is -2.33. The van der Waals surface area contributed by atoms with E-state index in [1.807, 2.05) is 0 Å². The first-order valence-electron chi connectivity index (χ1n) is 6.28. The predicted octanol–water partition coefficient (Wildman–Crippen LogP) is 2.26. The van der Waals surface area contributed by atoms with Crippen LogP contribution in [0.5, 0.6) is 0 Å². The molecule has 1 unspecified atom stereocenters. The zero-order chi connectivity index (χ0) is 15.6. The topological polar surface area (TPSA) is 78.5 Å². The van der Waals surface area contributed by atoms with Crippen molar-refractivity contribution in [2.45, 2.75) is 19.4 Å². The van der Waals surface area contributed by atoms with Gasteiger partial charge in [0.15, 0.2) is 0 Å². The fourth-order valence-corrected chi connectivity index (χ4v) is 2.35. The van der Waals surface area contributed by atoms with Crippen molar-refractivity contribution in [2.24, 2.45) is 0 Å². The van der Waals surface area contributed by atoms with E-state index in [0.717, 1.165) is 0 Å². The first-order valence-corrected chi connectivity index (χ1v) is 7.04. The fraction of sp³-hybridized carbons (Fsp3) is 0.308. The number of halogens is 2. The second-order valence-electron chi connectivity index (χ2n) is 4.52. The summed E-state index contributed by atoms with van der Waals surface area (Å²) in [4.78, 5) is 36.5. The van der Waals surface area contributed by atoms with Crippen LogP contribution in [0.25, 0.3) is 0 Å². The van der Waals surface area contributed by atoms with Crippen LogP contribution < -0.4 is 10.6 Å². The molecule has 0 aliphatic carbocycles. The molecule has 1 fully saturated rings. The molecule has 1 heterocycles. The first-order chi connectivity index (χ1) is 9.92. The lowest BCUT2D eigenvalue weighted by atomic mass is 10.1. The number of nitrogens with one attached hydrogen (secondary N) is 2. The molecule has 0 aromatic heterocycles. The van der Waals surface area contributed by atoms with E-state index in [9.17, 15) is 14.4 Å². The molecular weight excluding hydrogens is 317 g/mol. The number of anilines is 1. The summed E-state index contributed by atoms with van der Waals surface area (Å²) in [6.45, 7) is 1.59. The quantitative estimate of drug-likeness (QED) is 0.817. The van der Waals surface area contributed by atoms with E-state index in [0.29, 0.717) is 22.2 Å². The molecule has 1 aromatic rings. The van der Waals surface area contributed by atoms with Gasteiger partial charge in [-0.2, -0.15) is 0 Å². The Labute approximate surface area is 131 Å². The highest BCUT2D eigenvalue weighted by Gasteiger charge is 2.35. The van der Waals surface area contributed by atoms with Crippen LogP contribution in [0.2, 0.25) is 10.0 Å². The molecule has 0 radical (unpaired) electrons. The van der Waals surface area contributed by atoms with Gasteiger partial charge in [-0.25, -0.2) is 4.79 Å². The molecule has 1 aromatic carbocycles. The van der Waals surface area contributed by atoms with Gasteiger partial charge in [0.25, 0.3) is 0 Å². The molecule has 112 valence electrons. The van der Waals surface area contributed by atoms with Gasteiger partial charge >= 0.3 is 6.03 Å². The number of hydrogen-bond acceptors (Lipinski definition) is 3. The van der Waals surface area contributed by atoms with Crippen LogP contribution in [0, 0.1) is 0 Å². The smallest absolute Gasteiger partial charge is 0.308 e. The molecule has 2 N–H and O–H groups in total. The van der Waals surface area contributed by atoms with Gasteiger partial charge in [0, 0.05) is 5.69 Å². The Balaban J connectivity index is 2.15. The number of urea groups is 1. The molecule has 0 saturated carbocycles. The minimum absolute atomic E-state index is 0.169. The number of carbonyl (C=O) groups is 3. The van der Waals surface area contributed by atoms with E-state index in [4.69, 9.17) is 23.2 Å². The monoisotopic (exact) mass is 329 g/mol. The summed E-state index contributed by atoms with van der Waals surface area (Å²) in [6.07, 6.45) is 0.411. The van der Waals surface area contributed by atoms with E-state index < -0.39 is 23.9 Å². The van der Waals surface area contributed by atoms with Gasteiger partial charge in [0.05, 0.1) is 10.0 Å². The van der Waals surface area contributed by atoms with Crippen molar-refractivity contribution in [1.29, 1.82) is 0 Å². The molecular formula is C13H13Cl2N3O3. The molecule has 0 bridgehead atoms. The number of benzene rings is 1. The van der Waals surface area contributed by atoms with E-state index in [2.05, 4.69) is 10.6 Å². The van der Waals surface area contributed by atoms with Crippen molar-refractivity contribution < 1.29 is 14.4 Å². The number of amides is 4. The van der Waals surface area contributed by atoms with Crippen molar-refractivity contribution in [3.63, 3.8) is 0 Å². The molecule has 4 amide bonds. The molecule has 2 rings (SSSR count). The van der Waals surface area contributed by atoms with Crippen LogP contribution in [0.3, 0.4) is 0 Å². The largest absolute Gasteiger partial charge is 0.323 e. The minimum Gasteiger partial charge on any atom is -0.308 e. The van der Waals surface area contributed by atoms with Gasteiger partial charge in [-0.15, -0.1) is 0 Å². The number of hydrogen-bond donors (Lipinski definition) is 2. The standard InChI is InChI=1S/C13H13Cl2N3O3/c1-2-10-12(20)17-11(19)6-18(10)13(21)16-7-3-4-8(14)9(15)5-7/h3-5,10H,2,6H2,1H3,(H,16,21)(H,17,19,20). The Kier molecular flexibility index (Phi) is 4.69. The average molecular weight is 330 g/mol. The Morgan fingerprint density at radius 3 is 2.71 bits per heavy atom. The summed E-state index contributed by atoms with van der Waals surface area (Å²) in [5.74, 6) is -0.980. The molecule has 1 atom stereocenters. The van der Waals surface area contributed by atoms with Gasteiger partial charge in [-0.1, -0.05) is 30.1 Å². The SMILES string of the molecule is CCC1C(=O)NC(=O)CN1C(=O)Nc1ccc(Cl)c(Cl)c1. The second-order valence-corrected chi connectivity index (χ2v) is 5.34. The van der Waals surface area contributed by atoms with Crippen LogP contribution in [-0.4, -0.2) is 35.3 Å². The summed E-state index contributed by atoms with van der Waals surface area (Å²) in [7, 11) is 0. The molecule has 0 spiro atoms. The van der Waals surface area contributed by atoms with Gasteiger partial charge < -0.3 is 10.2 Å². The Bertz CT molecular complexity index is 606. The molecule has 1 saturated heterocycles. The molecule has 1 aliphatic heterocycles. The predicted molar refractivity (Wildman–Crippen MR) is 79.4 cm³/mol. The number of rotatable bonds is 2. The lowest BCUT2D eigenvalue weighted by Crippen LogP contribution is -2.60. The van der Waals surface area contributed by atoms with Crippen LogP contribution in [0.1, 0.15) is 13.3 Å². The molecule has 21 heavy (non-hydrogen) atoms. The Hall–Kier alpha value is -1.79. The van der Waals surface area contributed by atoms with Gasteiger partial charge in [0.1, 0.15) is 12.6 Å². The van der Waals surface area contributed by atoms with Crippen molar-refractivity contribution >= 4 is 46.7 Å². The van der Waals surface area contributed by atoms with Crippen molar-refractivity contribution in [2.75, 3.05) is 11.9 Å². The lowest BCUT2D eigenvalue weighted by molar-refractivity contribution is -0.138. The van der Waals surface area contributed by atoms with E-state index in [1.165, 1.54) is 11.0 Å². The zero-order valence-corrected chi connectivity index (χ0v) is 12.7. The molecule has 6 nitrogen and oxygen atoms in total. The first kappa shape index (κ1) is 15.6. The fourth-order valence-electron chi connectivity index (χ4n) is 2.05. The zero-order valence-electron chi connectivity index (χ0n) is 11.2. The van der Waals surface area contributed by atoms with Crippen molar-refractivity contribution in [3.8, 4) is 0 Å². The maximum absolute atomic E-state index is 12.2. The maximum atomic E-state index is 12.2. The van der Waals surface area contributed by atoms with Crippen molar-refractivity contribution in [3.05, 3.63) is 28.2 Å². The summed E-state index contributed by atoms with van der Waals surface area (Å²) in [6, 6.07) is 3.41. The third-order valence-electron chi connectivity index (χ3n) is 3.07. The molecule has 8 heteroatoms. The van der Waals surface area contributed by atoms with Crippen molar-refractivity contribution in [1.82, 2.24) is 10.2 Å². The van der Waals surface area contributed by atoms with Crippen LogP contribution in [0.15, 0.2) is 18.2 Å². The molecule has 1 aliphatic rings. The number of piperazine rings is 1. The van der Waals surface area contributed by atoms with Crippen LogP contribution >= 0.6 is 23.2 Å². The second kappa shape index (κ2) is 6.32. The van der Waals surface area contributed by atoms with Gasteiger partial charge in [-0.05, 0) is 24.6 Å². The average Bonchev–Trinajstić information content (AvgIpc) is 2.42. The summed E-state index contributed by atoms with van der Waals surface area (Å²) in [5, 5.41) is 5.47. The van der Waals surface area contributed by atoms with Gasteiger partial charge in [-0.3, -0.25) is 14.9 Å². The highest BCUT2D eigenvalue weighted by molar-refractivity contribution is 6.42. The normalized spacial score (nSPS) is 18.4. The van der Waals surface area contributed by atoms with E-state index in [1.54, 1.807) is 19.1 Å². The highest BCUT2D eigenvalue weighted by atomic mass is 35.5. The maximum Gasteiger partial charge on any atom is 0.323 e.